The molecule has 3 heteroatoms. The van der Waals surface area contributed by atoms with Crippen molar-refractivity contribution < 1.29 is 9.21 Å². The topological polar surface area (TPSA) is 42.2 Å². The number of hydrogen-bond donors (Lipinski definition) is 1. The predicted octanol–water partition coefficient (Wildman–Crippen LogP) is 4.99. The molecule has 126 valence electrons. The van der Waals surface area contributed by atoms with Crippen LogP contribution in [0.1, 0.15) is 36.6 Å². The highest BCUT2D eigenvalue weighted by Crippen LogP contribution is 2.29. The third-order valence-corrected chi connectivity index (χ3v) is 4.73. The van der Waals surface area contributed by atoms with Crippen LogP contribution in [0.25, 0.3) is 11.0 Å². The Labute approximate surface area is 147 Å². The highest BCUT2D eigenvalue weighted by Gasteiger charge is 2.22. The van der Waals surface area contributed by atoms with Crippen molar-refractivity contribution >= 4 is 16.9 Å². The molecule has 0 saturated carbocycles. The SMILES string of the molecule is O=C(C[C@H]1C=CCC1)N[C@H](c1ccccc1)c1cc2ccccc2o1. The Kier molecular flexibility index (Phi) is 4.38. The molecule has 1 amide bonds. The van der Waals surface area contributed by atoms with Gasteiger partial charge in [0.05, 0.1) is 0 Å². The van der Waals surface area contributed by atoms with E-state index in [1.54, 1.807) is 0 Å². The predicted molar refractivity (Wildman–Crippen MR) is 99.1 cm³/mol. The third-order valence-electron chi connectivity index (χ3n) is 4.73. The Bertz CT molecular complexity index is 862. The number of carbonyl (C=O) groups is 1. The minimum Gasteiger partial charge on any atom is -0.459 e. The molecule has 0 radical (unpaired) electrons. The number of benzene rings is 2. The van der Waals surface area contributed by atoms with Gasteiger partial charge >= 0.3 is 0 Å². The summed E-state index contributed by atoms with van der Waals surface area (Å²) in [6.45, 7) is 0. The van der Waals surface area contributed by atoms with Gasteiger partial charge < -0.3 is 9.73 Å². The molecule has 0 fully saturated rings. The second-order valence-electron chi connectivity index (χ2n) is 6.57. The summed E-state index contributed by atoms with van der Waals surface area (Å²) in [6, 6.07) is 19.7. The van der Waals surface area contributed by atoms with Crippen LogP contribution < -0.4 is 5.32 Å². The smallest absolute Gasteiger partial charge is 0.221 e. The number of fused-ring (bicyclic) bond motifs is 1. The quantitative estimate of drug-likeness (QED) is 0.669. The van der Waals surface area contributed by atoms with Crippen LogP contribution in [0.15, 0.2) is 77.2 Å². The zero-order chi connectivity index (χ0) is 17.1. The summed E-state index contributed by atoms with van der Waals surface area (Å²) in [4.78, 5) is 12.6. The van der Waals surface area contributed by atoms with Gasteiger partial charge in [-0.15, -0.1) is 0 Å². The molecule has 1 N–H and O–H groups in total. The summed E-state index contributed by atoms with van der Waals surface area (Å²) in [6.07, 6.45) is 6.97. The average molecular weight is 331 g/mol. The van der Waals surface area contributed by atoms with E-state index >= 15 is 0 Å². The van der Waals surface area contributed by atoms with Crippen molar-refractivity contribution in [1.29, 1.82) is 0 Å². The second kappa shape index (κ2) is 6.98. The normalized spacial score (nSPS) is 17.7. The van der Waals surface area contributed by atoms with Crippen LogP contribution in [0.4, 0.5) is 0 Å². The summed E-state index contributed by atoms with van der Waals surface area (Å²) in [5.74, 6) is 1.18. The molecule has 1 aromatic heterocycles. The Hall–Kier alpha value is -2.81. The fourth-order valence-corrected chi connectivity index (χ4v) is 3.43. The van der Waals surface area contributed by atoms with Crippen molar-refractivity contribution in [2.75, 3.05) is 0 Å². The summed E-state index contributed by atoms with van der Waals surface area (Å²) < 4.78 is 6.03. The van der Waals surface area contributed by atoms with Gasteiger partial charge in [-0.05, 0) is 36.5 Å². The maximum absolute atomic E-state index is 12.6. The maximum atomic E-state index is 12.6. The number of amides is 1. The molecule has 2 aromatic carbocycles. The first-order valence-corrected chi connectivity index (χ1v) is 8.79. The standard InChI is InChI=1S/C22H21NO2/c24-21(14-16-8-4-5-9-16)23-22(17-10-2-1-3-11-17)20-15-18-12-6-7-13-19(18)25-20/h1-4,6-8,10-13,15-16,22H,5,9,14H2,(H,23,24)/t16-,22+/m0/s1. The van der Waals surface area contributed by atoms with Crippen LogP contribution in [0.2, 0.25) is 0 Å². The van der Waals surface area contributed by atoms with E-state index < -0.39 is 0 Å². The van der Waals surface area contributed by atoms with Crippen LogP contribution >= 0.6 is 0 Å². The molecule has 0 spiro atoms. The summed E-state index contributed by atoms with van der Waals surface area (Å²) >= 11 is 0. The molecule has 3 nitrogen and oxygen atoms in total. The van der Waals surface area contributed by atoms with Gasteiger partial charge in [-0.3, -0.25) is 4.79 Å². The highest BCUT2D eigenvalue weighted by molar-refractivity contribution is 5.80. The molecule has 3 aromatic rings. The second-order valence-corrected chi connectivity index (χ2v) is 6.57. The van der Waals surface area contributed by atoms with E-state index in [1.807, 2.05) is 60.7 Å². The monoisotopic (exact) mass is 331 g/mol. The number of furan rings is 1. The largest absolute Gasteiger partial charge is 0.459 e. The van der Waals surface area contributed by atoms with E-state index in [-0.39, 0.29) is 11.9 Å². The van der Waals surface area contributed by atoms with Crippen LogP contribution in [-0.4, -0.2) is 5.91 Å². The Balaban J connectivity index is 1.62. The third kappa shape index (κ3) is 3.50. The van der Waals surface area contributed by atoms with Crippen LogP contribution in [0.3, 0.4) is 0 Å². The molecule has 4 rings (SSSR count). The fraction of sp³-hybridized carbons (Fsp3) is 0.227. The Morgan fingerprint density at radius 3 is 2.68 bits per heavy atom. The first kappa shape index (κ1) is 15.7. The molecule has 1 aliphatic carbocycles. The molecule has 0 unspecified atom stereocenters. The lowest BCUT2D eigenvalue weighted by molar-refractivity contribution is -0.122. The van der Waals surface area contributed by atoms with Crippen molar-refractivity contribution in [3.8, 4) is 0 Å². The summed E-state index contributed by atoms with van der Waals surface area (Å²) in [5, 5.41) is 4.22. The number of carbonyl (C=O) groups excluding carboxylic acids is 1. The zero-order valence-electron chi connectivity index (χ0n) is 14.0. The van der Waals surface area contributed by atoms with E-state index in [4.69, 9.17) is 4.42 Å². The lowest BCUT2D eigenvalue weighted by atomic mass is 10.0. The minimum absolute atomic E-state index is 0.0610. The highest BCUT2D eigenvalue weighted by atomic mass is 16.3. The fourth-order valence-electron chi connectivity index (χ4n) is 3.43. The van der Waals surface area contributed by atoms with Gasteiger partial charge in [0.1, 0.15) is 17.4 Å². The minimum atomic E-state index is -0.272. The zero-order valence-corrected chi connectivity index (χ0v) is 14.0. The lowest BCUT2D eigenvalue weighted by Crippen LogP contribution is -2.30. The van der Waals surface area contributed by atoms with Gasteiger partial charge in [-0.1, -0.05) is 60.7 Å². The van der Waals surface area contributed by atoms with E-state index in [0.29, 0.717) is 12.3 Å². The molecule has 0 saturated heterocycles. The van der Waals surface area contributed by atoms with Gasteiger partial charge in [-0.2, -0.15) is 0 Å². The molecular formula is C22H21NO2. The molecule has 2 atom stereocenters. The number of allylic oxidation sites excluding steroid dienone is 2. The van der Waals surface area contributed by atoms with Crippen LogP contribution in [0, 0.1) is 5.92 Å². The van der Waals surface area contributed by atoms with E-state index in [9.17, 15) is 4.79 Å². The van der Waals surface area contributed by atoms with E-state index in [1.165, 1.54) is 0 Å². The number of rotatable bonds is 5. The first-order chi connectivity index (χ1) is 12.3. The van der Waals surface area contributed by atoms with Crippen molar-refractivity contribution in [2.24, 2.45) is 5.92 Å². The molecule has 0 bridgehead atoms. The Morgan fingerprint density at radius 1 is 1.12 bits per heavy atom. The Morgan fingerprint density at radius 2 is 1.92 bits per heavy atom. The molecule has 25 heavy (non-hydrogen) atoms. The van der Waals surface area contributed by atoms with Crippen molar-refractivity contribution in [2.45, 2.75) is 25.3 Å². The molecule has 1 aliphatic rings. The summed E-state index contributed by atoms with van der Waals surface area (Å²) in [5.41, 5.74) is 1.86. The molecular weight excluding hydrogens is 310 g/mol. The summed E-state index contributed by atoms with van der Waals surface area (Å²) in [7, 11) is 0. The van der Waals surface area contributed by atoms with Gasteiger partial charge in [0.25, 0.3) is 0 Å². The van der Waals surface area contributed by atoms with Crippen LogP contribution in [0.5, 0.6) is 0 Å². The first-order valence-electron chi connectivity index (χ1n) is 8.79. The number of para-hydroxylation sites is 1. The van der Waals surface area contributed by atoms with Crippen molar-refractivity contribution in [3.63, 3.8) is 0 Å². The van der Waals surface area contributed by atoms with Crippen molar-refractivity contribution in [1.82, 2.24) is 5.32 Å². The van der Waals surface area contributed by atoms with Crippen LogP contribution in [-0.2, 0) is 4.79 Å². The van der Waals surface area contributed by atoms with E-state index in [2.05, 4.69) is 17.5 Å². The number of hydrogen-bond acceptors (Lipinski definition) is 2. The van der Waals surface area contributed by atoms with Gasteiger partial charge in [-0.25, -0.2) is 0 Å². The van der Waals surface area contributed by atoms with E-state index in [0.717, 1.165) is 35.1 Å². The van der Waals surface area contributed by atoms with Gasteiger partial charge in [0, 0.05) is 11.8 Å². The lowest BCUT2D eigenvalue weighted by Gasteiger charge is -2.18. The van der Waals surface area contributed by atoms with Gasteiger partial charge in [0.2, 0.25) is 5.91 Å². The molecule has 1 heterocycles. The van der Waals surface area contributed by atoms with Crippen molar-refractivity contribution in [3.05, 3.63) is 84.1 Å². The van der Waals surface area contributed by atoms with Gasteiger partial charge in [0.15, 0.2) is 0 Å². The molecule has 0 aliphatic heterocycles. The maximum Gasteiger partial charge on any atom is 0.221 e. The average Bonchev–Trinajstić information content (AvgIpc) is 3.29. The number of nitrogens with one attached hydrogen (secondary N) is 1.